The zero-order chi connectivity index (χ0) is 21.0. The molecule has 1 aliphatic heterocycles. The van der Waals surface area contributed by atoms with Crippen LogP contribution in [0, 0.1) is 0 Å². The molecule has 0 unspecified atom stereocenters. The van der Waals surface area contributed by atoms with E-state index in [1.807, 2.05) is 18.3 Å². The van der Waals surface area contributed by atoms with Crippen LogP contribution in [0.2, 0.25) is 5.15 Å². The molecule has 3 rings (SSSR count). The van der Waals surface area contributed by atoms with Crippen molar-refractivity contribution in [2.45, 2.75) is 45.4 Å². The first kappa shape index (κ1) is 25.8. The second-order valence-corrected chi connectivity index (χ2v) is 7.69. The summed E-state index contributed by atoms with van der Waals surface area (Å²) in [4.78, 5) is 8.84. The molecule has 0 aliphatic carbocycles. The molecule has 6 nitrogen and oxygen atoms in total. The molecule has 8 heteroatoms. The molecule has 2 N–H and O–H groups in total. The van der Waals surface area contributed by atoms with E-state index in [9.17, 15) is 0 Å². The van der Waals surface area contributed by atoms with Crippen LogP contribution in [0.5, 0.6) is 0 Å². The number of pyridine rings is 1. The third-order valence-electron chi connectivity index (χ3n) is 4.90. The van der Waals surface area contributed by atoms with Crippen molar-refractivity contribution in [1.82, 2.24) is 15.6 Å². The molecule has 1 fully saturated rings. The quantitative estimate of drug-likeness (QED) is 0.207. The Labute approximate surface area is 207 Å². The molecule has 0 bridgehead atoms. The van der Waals surface area contributed by atoms with E-state index in [1.54, 1.807) is 0 Å². The summed E-state index contributed by atoms with van der Waals surface area (Å²) < 4.78 is 11.4. The molecule has 170 valence electrons. The van der Waals surface area contributed by atoms with E-state index >= 15 is 0 Å². The first-order chi connectivity index (χ1) is 14.7. The maximum Gasteiger partial charge on any atom is 0.191 e. The van der Waals surface area contributed by atoms with Gasteiger partial charge in [-0.1, -0.05) is 41.9 Å². The van der Waals surface area contributed by atoms with E-state index in [4.69, 9.17) is 26.1 Å². The van der Waals surface area contributed by atoms with Gasteiger partial charge in [0.1, 0.15) is 5.15 Å². The van der Waals surface area contributed by atoms with Crippen molar-refractivity contribution < 1.29 is 9.47 Å². The summed E-state index contributed by atoms with van der Waals surface area (Å²) in [7, 11) is 0. The van der Waals surface area contributed by atoms with Crippen LogP contribution in [0.15, 0.2) is 47.6 Å². The summed E-state index contributed by atoms with van der Waals surface area (Å²) in [6.45, 7) is 6.50. The maximum atomic E-state index is 6.04. The molecule has 1 aromatic carbocycles. The molecule has 0 radical (unpaired) electrons. The van der Waals surface area contributed by atoms with Gasteiger partial charge in [0.15, 0.2) is 5.96 Å². The van der Waals surface area contributed by atoms with E-state index in [-0.39, 0.29) is 24.0 Å². The van der Waals surface area contributed by atoms with Crippen molar-refractivity contribution in [3.05, 3.63) is 64.4 Å². The van der Waals surface area contributed by atoms with Crippen LogP contribution in [0.25, 0.3) is 0 Å². The number of hydrogen-bond donors (Lipinski definition) is 2. The minimum Gasteiger partial charge on any atom is -0.381 e. The number of guanidine groups is 1. The zero-order valence-electron chi connectivity index (χ0n) is 18.0. The largest absolute Gasteiger partial charge is 0.381 e. The third-order valence-corrected chi connectivity index (χ3v) is 5.13. The molecular weight excluding hydrogens is 527 g/mol. The van der Waals surface area contributed by atoms with Crippen molar-refractivity contribution in [1.29, 1.82) is 0 Å². The van der Waals surface area contributed by atoms with E-state index in [0.29, 0.717) is 24.4 Å². The Bertz CT molecular complexity index is 798. The molecule has 1 saturated heterocycles. The lowest BCUT2D eigenvalue weighted by atomic mass is 10.1. The number of ether oxygens (including phenoxy) is 2. The van der Waals surface area contributed by atoms with Crippen molar-refractivity contribution >= 4 is 41.5 Å². The molecule has 2 aromatic rings. The second-order valence-electron chi connectivity index (χ2n) is 7.30. The zero-order valence-corrected chi connectivity index (χ0v) is 21.1. The molecule has 31 heavy (non-hydrogen) atoms. The van der Waals surface area contributed by atoms with Gasteiger partial charge in [0, 0.05) is 32.5 Å². The van der Waals surface area contributed by atoms with Gasteiger partial charge >= 0.3 is 0 Å². The van der Waals surface area contributed by atoms with Crippen LogP contribution in [-0.4, -0.2) is 43.4 Å². The Hall–Kier alpha value is -1.42. The number of benzene rings is 1. The highest BCUT2D eigenvalue weighted by Crippen LogP contribution is 2.14. The Morgan fingerprint density at radius 2 is 1.97 bits per heavy atom. The lowest BCUT2D eigenvalue weighted by Gasteiger charge is -2.22. The predicted molar refractivity (Wildman–Crippen MR) is 136 cm³/mol. The summed E-state index contributed by atoms with van der Waals surface area (Å²) in [5, 5.41) is 7.19. The van der Waals surface area contributed by atoms with Crippen LogP contribution < -0.4 is 10.6 Å². The summed E-state index contributed by atoms with van der Waals surface area (Å²) >= 11 is 5.84. The van der Waals surface area contributed by atoms with E-state index < -0.39 is 0 Å². The van der Waals surface area contributed by atoms with Gasteiger partial charge in [0.2, 0.25) is 0 Å². The highest BCUT2D eigenvalue weighted by Gasteiger charge is 2.14. The van der Waals surface area contributed by atoms with Crippen molar-refractivity contribution in [3.63, 3.8) is 0 Å². The second kappa shape index (κ2) is 14.6. The van der Waals surface area contributed by atoms with Crippen LogP contribution in [-0.2, 0) is 29.0 Å². The molecule has 1 aromatic heterocycles. The monoisotopic (exact) mass is 558 g/mol. The molecule has 0 spiro atoms. The van der Waals surface area contributed by atoms with E-state index in [1.165, 1.54) is 11.1 Å². The van der Waals surface area contributed by atoms with Crippen molar-refractivity contribution in [3.8, 4) is 0 Å². The minimum absolute atomic E-state index is 0. The molecule has 0 atom stereocenters. The number of rotatable bonds is 9. The first-order valence-electron chi connectivity index (χ1n) is 10.6. The SMILES string of the molecule is CCNC(=NCc1cccc(COC2CCOCC2)c1)NCCc1ccc(Cl)nc1.I. The number of nitrogens with one attached hydrogen (secondary N) is 2. The first-order valence-corrected chi connectivity index (χ1v) is 11.0. The van der Waals surface area contributed by atoms with Gasteiger partial charge < -0.3 is 20.1 Å². The van der Waals surface area contributed by atoms with E-state index in [0.717, 1.165) is 57.1 Å². The van der Waals surface area contributed by atoms with Gasteiger partial charge in [0.05, 0.1) is 19.3 Å². The van der Waals surface area contributed by atoms with Crippen LogP contribution >= 0.6 is 35.6 Å². The summed E-state index contributed by atoms with van der Waals surface area (Å²) in [6, 6.07) is 12.3. The van der Waals surface area contributed by atoms with Gasteiger partial charge in [-0.05, 0) is 48.9 Å². The smallest absolute Gasteiger partial charge is 0.191 e. The fourth-order valence-electron chi connectivity index (χ4n) is 3.27. The Morgan fingerprint density at radius 3 is 2.71 bits per heavy atom. The summed E-state index contributed by atoms with van der Waals surface area (Å²) in [5.74, 6) is 0.809. The summed E-state index contributed by atoms with van der Waals surface area (Å²) in [6.07, 6.45) is 4.93. The highest BCUT2D eigenvalue weighted by atomic mass is 127. The van der Waals surface area contributed by atoms with Gasteiger partial charge in [0.25, 0.3) is 0 Å². The van der Waals surface area contributed by atoms with Gasteiger partial charge in [-0.15, -0.1) is 24.0 Å². The molecule has 2 heterocycles. The number of hydrogen-bond acceptors (Lipinski definition) is 4. The Kier molecular flexibility index (Phi) is 12.2. The number of aromatic nitrogens is 1. The number of nitrogens with zero attached hydrogens (tertiary/aromatic N) is 2. The van der Waals surface area contributed by atoms with Crippen molar-refractivity contribution in [2.75, 3.05) is 26.3 Å². The third kappa shape index (κ3) is 9.72. The topological polar surface area (TPSA) is 67.8 Å². The van der Waals surface area contributed by atoms with E-state index in [2.05, 4.69) is 46.8 Å². The number of aliphatic imine (C=N–C) groups is 1. The number of halogens is 2. The maximum absolute atomic E-state index is 6.04. The average Bonchev–Trinajstić information content (AvgIpc) is 2.78. The van der Waals surface area contributed by atoms with Gasteiger partial charge in [-0.25, -0.2) is 9.98 Å². The average molecular weight is 559 g/mol. The lowest BCUT2D eigenvalue weighted by Crippen LogP contribution is -2.38. The van der Waals surface area contributed by atoms with Gasteiger partial charge in [-0.3, -0.25) is 0 Å². The van der Waals surface area contributed by atoms with Crippen LogP contribution in [0.4, 0.5) is 0 Å². The van der Waals surface area contributed by atoms with Crippen molar-refractivity contribution in [2.24, 2.45) is 4.99 Å². The Balaban J connectivity index is 0.00000341. The Morgan fingerprint density at radius 1 is 1.16 bits per heavy atom. The van der Waals surface area contributed by atoms with Crippen LogP contribution in [0.1, 0.15) is 36.5 Å². The predicted octanol–water partition coefficient (Wildman–Crippen LogP) is 4.35. The molecular formula is C23H32ClIN4O2. The van der Waals surface area contributed by atoms with Crippen LogP contribution in [0.3, 0.4) is 0 Å². The normalized spacial score (nSPS) is 14.7. The molecule has 0 saturated carbocycles. The highest BCUT2D eigenvalue weighted by molar-refractivity contribution is 14.0. The molecule has 0 amide bonds. The summed E-state index contributed by atoms with van der Waals surface area (Å²) in [5.41, 5.74) is 3.49. The lowest BCUT2D eigenvalue weighted by molar-refractivity contribution is -0.0390. The van der Waals surface area contributed by atoms with Gasteiger partial charge in [-0.2, -0.15) is 0 Å². The standard InChI is InChI=1S/C23H31ClN4O2.HI/c1-2-25-23(26-11-8-18-6-7-22(24)27-15-18)28-16-19-4-3-5-20(14-19)17-30-21-9-12-29-13-10-21;/h3-7,14-15,21H,2,8-13,16-17H2,1H3,(H2,25,26,28);1H. The minimum atomic E-state index is 0. The fourth-order valence-corrected chi connectivity index (χ4v) is 3.38. The fraction of sp³-hybridized carbons (Fsp3) is 0.478. The molecule has 1 aliphatic rings.